The summed E-state index contributed by atoms with van der Waals surface area (Å²) < 4.78 is 13.2. The average Bonchev–Trinajstić information content (AvgIpc) is 2.93. The van der Waals surface area contributed by atoms with Crippen molar-refractivity contribution in [3.63, 3.8) is 0 Å². The third-order valence-corrected chi connectivity index (χ3v) is 2.92. The molecule has 0 radical (unpaired) electrons. The molecule has 2 N–H and O–H groups in total. The number of aromatic nitrogens is 3. The Labute approximate surface area is 118 Å². The van der Waals surface area contributed by atoms with Gasteiger partial charge in [0.1, 0.15) is 12.9 Å². The molecule has 0 saturated heterocycles. The van der Waals surface area contributed by atoms with Crippen LogP contribution in [-0.2, 0) is 19.7 Å². The molecule has 20 heavy (non-hydrogen) atoms. The summed E-state index contributed by atoms with van der Waals surface area (Å²) in [4.78, 5) is 4.19. The van der Waals surface area contributed by atoms with Crippen molar-refractivity contribution in [2.45, 2.75) is 33.5 Å². The van der Waals surface area contributed by atoms with Crippen LogP contribution in [-0.4, -0.2) is 21.4 Å². The number of nitrogens with two attached hydrogens (primary N) is 1. The number of benzene rings is 1. The number of aryl methyl sites for hydroxylation is 1. The van der Waals surface area contributed by atoms with Gasteiger partial charge in [-0.3, -0.25) is 0 Å². The summed E-state index contributed by atoms with van der Waals surface area (Å²) in [6.45, 7) is 6.02. The van der Waals surface area contributed by atoms with Crippen LogP contribution < -0.4 is 15.2 Å². The largest absolute Gasteiger partial charge is 0.490 e. The fourth-order valence-electron chi connectivity index (χ4n) is 1.96. The predicted octanol–water partition coefficient (Wildman–Crippen LogP) is 1.73. The van der Waals surface area contributed by atoms with Crippen LogP contribution in [0.15, 0.2) is 24.5 Å². The maximum absolute atomic E-state index is 5.87. The smallest absolute Gasteiger partial charge is 0.166 e. The molecule has 6 nitrogen and oxygen atoms in total. The molecule has 1 heterocycles. The van der Waals surface area contributed by atoms with Crippen LogP contribution in [0.2, 0.25) is 0 Å². The van der Waals surface area contributed by atoms with E-state index < -0.39 is 0 Å². The third-order valence-electron chi connectivity index (χ3n) is 2.92. The first-order chi connectivity index (χ1) is 9.80. The molecule has 0 atom stereocenters. The highest BCUT2D eigenvalue weighted by molar-refractivity contribution is 5.46. The summed E-state index contributed by atoms with van der Waals surface area (Å²) in [5.41, 5.74) is 6.67. The van der Waals surface area contributed by atoms with Gasteiger partial charge in [-0.15, -0.1) is 0 Å². The van der Waals surface area contributed by atoms with Gasteiger partial charge in [-0.1, -0.05) is 12.1 Å². The molecular weight excluding hydrogens is 256 g/mol. The van der Waals surface area contributed by atoms with Crippen molar-refractivity contribution < 1.29 is 9.47 Å². The molecule has 0 bridgehead atoms. The molecule has 1 aromatic carbocycles. The van der Waals surface area contributed by atoms with Gasteiger partial charge in [0.05, 0.1) is 6.61 Å². The van der Waals surface area contributed by atoms with Gasteiger partial charge in [0.2, 0.25) is 0 Å². The van der Waals surface area contributed by atoms with Crippen LogP contribution in [0.4, 0.5) is 0 Å². The summed E-state index contributed by atoms with van der Waals surface area (Å²) >= 11 is 0. The second-order valence-electron chi connectivity index (χ2n) is 4.16. The lowest BCUT2D eigenvalue weighted by Crippen LogP contribution is -2.10. The molecular formula is C14H20N4O2. The Balaban J connectivity index is 2.19. The third kappa shape index (κ3) is 3.08. The van der Waals surface area contributed by atoms with Gasteiger partial charge in [0.25, 0.3) is 0 Å². The van der Waals surface area contributed by atoms with Gasteiger partial charge < -0.3 is 15.2 Å². The first-order valence-electron chi connectivity index (χ1n) is 6.74. The number of rotatable bonds is 7. The number of hydrogen-bond acceptors (Lipinski definition) is 5. The molecule has 0 unspecified atom stereocenters. The van der Waals surface area contributed by atoms with Gasteiger partial charge in [-0.05, 0) is 19.9 Å². The lowest BCUT2D eigenvalue weighted by molar-refractivity contribution is 0.255. The Hall–Kier alpha value is -2.08. The molecule has 2 rings (SSSR count). The molecule has 0 fully saturated rings. The molecule has 1 aromatic heterocycles. The Morgan fingerprint density at radius 3 is 2.80 bits per heavy atom. The highest BCUT2D eigenvalue weighted by atomic mass is 16.5. The van der Waals surface area contributed by atoms with Crippen molar-refractivity contribution in [2.24, 2.45) is 5.73 Å². The fraction of sp³-hybridized carbons (Fsp3) is 0.429. The number of hydrogen-bond donors (Lipinski definition) is 1. The molecule has 2 aromatic rings. The van der Waals surface area contributed by atoms with Crippen LogP contribution in [0, 0.1) is 0 Å². The monoisotopic (exact) mass is 276 g/mol. The molecule has 6 heteroatoms. The molecule has 0 aliphatic rings. The fourth-order valence-corrected chi connectivity index (χ4v) is 1.96. The van der Waals surface area contributed by atoms with Gasteiger partial charge in [0.15, 0.2) is 17.3 Å². The van der Waals surface area contributed by atoms with Crippen LogP contribution in [0.25, 0.3) is 0 Å². The summed E-state index contributed by atoms with van der Waals surface area (Å²) in [5.74, 6) is 2.17. The zero-order valence-corrected chi connectivity index (χ0v) is 11.9. The quantitative estimate of drug-likeness (QED) is 0.833. The summed E-state index contributed by atoms with van der Waals surface area (Å²) in [6.07, 6.45) is 1.53. The van der Waals surface area contributed by atoms with E-state index >= 15 is 0 Å². The molecule has 0 saturated carbocycles. The molecule has 0 amide bonds. The second-order valence-corrected chi connectivity index (χ2v) is 4.16. The van der Waals surface area contributed by atoms with Gasteiger partial charge in [0, 0.05) is 18.7 Å². The first-order valence-corrected chi connectivity index (χ1v) is 6.74. The van der Waals surface area contributed by atoms with Gasteiger partial charge in [-0.2, -0.15) is 5.10 Å². The predicted molar refractivity (Wildman–Crippen MR) is 75.5 cm³/mol. The Kier molecular flexibility index (Phi) is 4.95. The van der Waals surface area contributed by atoms with Crippen LogP contribution in [0.5, 0.6) is 11.5 Å². The minimum atomic E-state index is 0.338. The van der Waals surface area contributed by atoms with Gasteiger partial charge >= 0.3 is 0 Å². The summed E-state index contributed by atoms with van der Waals surface area (Å²) in [5, 5.41) is 4.12. The van der Waals surface area contributed by atoms with Crippen LogP contribution in [0.1, 0.15) is 25.2 Å². The molecule has 0 spiro atoms. The first kappa shape index (κ1) is 14.3. The van der Waals surface area contributed by atoms with E-state index in [1.807, 2.05) is 32.0 Å². The molecule has 108 valence electrons. The zero-order chi connectivity index (χ0) is 14.4. The minimum Gasteiger partial charge on any atom is -0.490 e. The topological polar surface area (TPSA) is 75.2 Å². The van der Waals surface area contributed by atoms with Crippen molar-refractivity contribution in [3.05, 3.63) is 35.9 Å². The average molecular weight is 276 g/mol. The van der Waals surface area contributed by atoms with Crippen LogP contribution in [0.3, 0.4) is 0 Å². The van der Waals surface area contributed by atoms with E-state index in [9.17, 15) is 0 Å². The van der Waals surface area contributed by atoms with Crippen molar-refractivity contribution in [2.75, 3.05) is 6.61 Å². The lowest BCUT2D eigenvalue weighted by atomic mass is 10.2. The Morgan fingerprint density at radius 2 is 2.10 bits per heavy atom. The second kappa shape index (κ2) is 6.91. The molecule has 0 aliphatic heterocycles. The minimum absolute atomic E-state index is 0.338. The van der Waals surface area contributed by atoms with Crippen molar-refractivity contribution in [1.82, 2.24) is 14.8 Å². The zero-order valence-electron chi connectivity index (χ0n) is 11.9. The normalized spacial score (nSPS) is 10.6. The molecule has 0 aliphatic carbocycles. The van der Waals surface area contributed by atoms with E-state index in [4.69, 9.17) is 15.2 Å². The van der Waals surface area contributed by atoms with E-state index in [2.05, 4.69) is 10.1 Å². The van der Waals surface area contributed by atoms with Crippen molar-refractivity contribution >= 4 is 0 Å². The van der Waals surface area contributed by atoms with E-state index in [1.165, 1.54) is 6.33 Å². The van der Waals surface area contributed by atoms with E-state index in [0.717, 1.165) is 17.9 Å². The van der Waals surface area contributed by atoms with E-state index in [1.54, 1.807) is 4.68 Å². The highest BCUT2D eigenvalue weighted by Gasteiger charge is 2.12. The maximum atomic E-state index is 5.87. The SMILES string of the molecule is CCOc1cccc(CN)c1OCc1ncnn1CC. The van der Waals surface area contributed by atoms with Gasteiger partial charge in [-0.25, -0.2) is 9.67 Å². The van der Waals surface area contributed by atoms with Crippen LogP contribution >= 0.6 is 0 Å². The standard InChI is InChI=1S/C14H20N4O2/c1-3-18-13(16-10-17-18)9-20-14-11(8-15)6-5-7-12(14)19-4-2/h5-7,10H,3-4,8-9,15H2,1-2H3. The van der Waals surface area contributed by atoms with E-state index in [-0.39, 0.29) is 0 Å². The van der Waals surface area contributed by atoms with Crippen molar-refractivity contribution in [3.8, 4) is 11.5 Å². The summed E-state index contributed by atoms with van der Waals surface area (Å²) in [6, 6.07) is 5.72. The Morgan fingerprint density at radius 1 is 1.25 bits per heavy atom. The highest BCUT2D eigenvalue weighted by Crippen LogP contribution is 2.31. The maximum Gasteiger partial charge on any atom is 0.166 e. The number of ether oxygens (including phenoxy) is 2. The number of para-hydroxylation sites is 1. The van der Waals surface area contributed by atoms with Crippen molar-refractivity contribution in [1.29, 1.82) is 0 Å². The number of nitrogens with zero attached hydrogens (tertiary/aromatic N) is 3. The Bertz CT molecular complexity index is 554. The summed E-state index contributed by atoms with van der Waals surface area (Å²) in [7, 11) is 0. The van der Waals surface area contributed by atoms with E-state index in [0.29, 0.717) is 31.3 Å². The lowest BCUT2D eigenvalue weighted by Gasteiger charge is -2.15.